The smallest absolute Gasteiger partial charge is 0.305 e. The fourth-order valence-corrected chi connectivity index (χ4v) is 4.70. The Labute approximate surface area is 178 Å². The van der Waals surface area contributed by atoms with Crippen molar-refractivity contribution in [1.82, 2.24) is 15.4 Å². The lowest BCUT2D eigenvalue weighted by atomic mass is 10.2. The van der Waals surface area contributed by atoms with Crippen molar-refractivity contribution in [2.45, 2.75) is 10.6 Å². The third kappa shape index (κ3) is 4.08. The van der Waals surface area contributed by atoms with Crippen LogP contribution in [0.1, 0.15) is 26.5 Å². The number of hydrogen-bond acceptors (Lipinski definition) is 5. The van der Waals surface area contributed by atoms with Crippen molar-refractivity contribution in [3.63, 3.8) is 0 Å². The highest BCUT2D eigenvalue weighted by molar-refractivity contribution is 7.90. The Morgan fingerprint density at radius 1 is 0.935 bits per heavy atom. The summed E-state index contributed by atoms with van der Waals surface area (Å²) in [6.45, 7) is 0. The average Bonchev–Trinajstić information content (AvgIpc) is 3.37. The molecule has 2 aromatic heterocycles. The molecule has 0 radical (unpaired) electrons. The topological polar surface area (TPSA) is 110 Å². The molecule has 31 heavy (non-hydrogen) atoms. The van der Waals surface area contributed by atoms with Crippen LogP contribution in [0.4, 0.5) is 0 Å². The Hall–Kier alpha value is -3.85. The Balaban J connectivity index is 1.48. The van der Waals surface area contributed by atoms with Gasteiger partial charge in [-0.2, -0.15) is 0 Å². The normalized spacial score (nSPS) is 11.4. The van der Waals surface area contributed by atoms with Crippen LogP contribution in [0, 0.1) is 0 Å². The van der Waals surface area contributed by atoms with Crippen LogP contribution in [0.15, 0.2) is 82.4 Å². The van der Waals surface area contributed by atoms with Crippen molar-refractivity contribution in [2.75, 3.05) is 0 Å². The predicted octanol–water partition coefficient (Wildman–Crippen LogP) is 2.82. The SMILES string of the molecule is Cn1cc(C(=O)NNC(=O)c2occc2CS(=O)(=O)c2ccccc2)c2ccccc21. The number of rotatable bonds is 5. The van der Waals surface area contributed by atoms with Crippen LogP contribution in [0.25, 0.3) is 10.9 Å². The van der Waals surface area contributed by atoms with Gasteiger partial charge in [0.1, 0.15) is 0 Å². The lowest BCUT2D eigenvalue weighted by Crippen LogP contribution is -2.41. The Morgan fingerprint density at radius 2 is 1.61 bits per heavy atom. The number of nitrogens with one attached hydrogen (secondary N) is 2. The second kappa shape index (κ2) is 8.11. The van der Waals surface area contributed by atoms with E-state index in [1.807, 2.05) is 35.9 Å². The van der Waals surface area contributed by atoms with E-state index >= 15 is 0 Å². The van der Waals surface area contributed by atoms with E-state index in [-0.39, 0.29) is 16.2 Å². The highest BCUT2D eigenvalue weighted by Crippen LogP contribution is 2.21. The molecule has 0 bridgehead atoms. The van der Waals surface area contributed by atoms with Gasteiger partial charge in [-0.05, 0) is 24.3 Å². The molecular weight excluding hydrogens is 418 g/mol. The second-order valence-electron chi connectivity index (χ2n) is 6.93. The largest absolute Gasteiger partial charge is 0.459 e. The van der Waals surface area contributed by atoms with Gasteiger partial charge in [-0.15, -0.1) is 0 Å². The van der Waals surface area contributed by atoms with E-state index in [0.29, 0.717) is 5.56 Å². The monoisotopic (exact) mass is 437 g/mol. The molecule has 0 aliphatic heterocycles. The molecule has 2 N–H and O–H groups in total. The van der Waals surface area contributed by atoms with Gasteiger partial charge in [0.2, 0.25) is 0 Å². The summed E-state index contributed by atoms with van der Waals surface area (Å²) in [7, 11) is -1.85. The number of benzene rings is 2. The molecule has 0 saturated heterocycles. The van der Waals surface area contributed by atoms with Crippen LogP contribution in [-0.4, -0.2) is 24.8 Å². The van der Waals surface area contributed by atoms with E-state index in [4.69, 9.17) is 4.42 Å². The van der Waals surface area contributed by atoms with Gasteiger partial charge < -0.3 is 8.98 Å². The number of para-hydroxylation sites is 1. The van der Waals surface area contributed by atoms with Crippen molar-refractivity contribution >= 4 is 32.6 Å². The summed E-state index contributed by atoms with van der Waals surface area (Å²) >= 11 is 0. The summed E-state index contributed by atoms with van der Waals surface area (Å²) < 4.78 is 32.2. The van der Waals surface area contributed by atoms with Gasteiger partial charge in [0, 0.05) is 29.7 Å². The van der Waals surface area contributed by atoms with Crippen LogP contribution >= 0.6 is 0 Å². The Bertz CT molecular complexity index is 1370. The van der Waals surface area contributed by atoms with E-state index < -0.39 is 27.4 Å². The molecule has 8 nitrogen and oxygen atoms in total. The molecule has 9 heteroatoms. The number of nitrogens with zero attached hydrogens (tertiary/aromatic N) is 1. The molecule has 0 atom stereocenters. The maximum atomic E-state index is 12.6. The number of aryl methyl sites for hydroxylation is 1. The third-order valence-electron chi connectivity index (χ3n) is 4.83. The summed E-state index contributed by atoms with van der Waals surface area (Å²) in [5.41, 5.74) is 6.10. The molecule has 158 valence electrons. The van der Waals surface area contributed by atoms with Crippen molar-refractivity contribution in [2.24, 2.45) is 7.05 Å². The lowest BCUT2D eigenvalue weighted by molar-refractivity contribution is 0.0831. The first-order valence-electron chi connectivity index (χ1n) is 9.36. The molecular formula is C22H19N3O5S. The first kappa shape index (κ1) is 20.4. The molecule has 2 amide bonds. The zero-order valence-electron chi connectivity index (χ0n) is 16.5. The number of furan rings is 1. The first-order valence-corrected chi connectivity index (χ1v) is 11.0. The van der Waals surface area contributed by atoms with Crippen LogP contribution in [0.3, 0.4) is 0 Å². The van der Waals surface area contributed by atoms with Gasteiger partial charge in [-0.25, -0.2) is 8.42 Å². The maximum Gasteiger partial charge on any atom is 0.305 e. The zero-order chi connectivity index (χ0) is 22.0. The van der Waals surface area contributed by atoms with Gasteiger partial charge in [0.05, 0.1) is 22.5 Å². The fraction of sp³-hybridized carbons (Fsp3) is 0.0909. The molecule has 2 aromatic carbocycles. The number of aromatic nitrogens is 1. The molecule has 4 aromatic rings. The number of fused-ring (bicyclic) bond motifs is 1. The van der Waals surface area contributed by atoms with Crippen LogP contribution in [-0.2, 0) is 22.6 Å². The highest BCUT2D eigenvalue weighted by atomic mass is 32.2. The van der Waals surface area contributed by atoms with Crippen LogP contribution in [0.5, 0.6) is 0 Å². The summed E-state index contributed by atoms with van der Waals surface area (Å²) in [6, 6.07) is 16.7. The van der Waals surface area contributed by atoms with E-state index in [1.165, 1.54) is 24.5 Å². The molecule has 0 unspecified atom stereocenters. The number of hydrazine groups is 1. The third-order valence-corrected chi connectivity index (χ3v) is 6.51. The summed E-state index contributed by atoms with van der Waals surface area (Å²) in [4.78, 5) is 25.3. The van der Waals surface area contributed by atoms with Crippen molar-refractivity contribution < 1.29 is 22.4 Å². The molecule has 0 fully saturated rings. The Morgan fingerprint density at radius 3 is 2.39 bits per heavy atom. The van der Waals surface area contributed by atoms with Crippen molar-refractivity contribution in [3.05, 3.63) is 90.0 Å². The standard InChI is InChI=1S/C22H19N3O5S/c1-25-13-18(17-9-5-6-10-19(17)25)21(26)23-24-22(27)20-15(11-12-30-20)14-31(28,29)16-7-3-2-4-8-16/h2-13H,14H2,1H3,(H,23,26)(H,24,27). The van der Waals surface area contributed by atoms with Crippen molar-refractivity contribution in [1.29, 1.82) is 0 Å². The summed E-state index contributed by atoms with van der Waals surface area (Å²) in [5.74, 6) is -1.85. The van der Waals surface area contributed by atoms with Gasteiger partial charge in [0.15, 0.2) is 15.6 Å². The van der Waals surface area contributed by atoms with Gasteiger partial charge >= 0.3 is 5.91 Å². The molecule has 0 saturated carbocycles. The number of hydrogen-bond donors (Lipinski definition) is 2. The number of carbonyl (C=O) groups is 2. The number of carbonyl (C=O) groups excluding carboxylic acids is 2. The number of amides is 2. The van der Waals surface area contributed by atoms with E-state index in [9.17, 15) is 18.0 Å². The fourth-order valence-electron chi connectivity index (χ4n) is 3.32. The number of sulfone groups is 1. The van der Waals surface area contributed by atoms with E-state index in [0.717, 1.165) is 10.9 Å². The van der Waals surface area contributed by atoms with E-state index in [1.54, 1.807) is 24.4 Å². The van der Waals surface area contributed by atoms with Gasteiger partial charge in [0.25, 0.3) is 5.91 Å². The van der Waals surface area contributed by atoms with Gasteiger partial charge in [-0.1, -0.05) is 36.4 Å². The van der Waals surface area contributed by atoms with Crippen molar-refractivity contribution in [3.8, 4) is 0 Å². The molecule has 4 rings (SSSR count). The van der Waals surface area contributed by atoms with Crippen LogP contribution < -0.4 is 10.9 Å². The summed E-state index contributed by atoms with van der Waals surface area (Å²) in [5, 5.41) is 0.740. The minimum atomic E-state index is -3.67. The second-order valence-corrected chi connectivity index (χ2v) is 8.92. The van der Waals surface area contributed by atoms with E-state index in [2.05, 4.69) is 10.9 Å². The predicted molar refractivity (Wildman–Crippen MR) is 114 cm³/mol. The molecule has 0 spiro atoms. The molecule has 2 heterocycles. The van der Waals surface area contributed by atoms with Crippen LogP contribution in [0.2, 0.25) is 0 Å². The highest BCUT2D eigenvalue weighted by Gasteiger charge is 2.23. The summed E-state index contributed by atoms with van der Waals surface area (Å²) in [6.07, 6.45) is 2.90. The minimum Gasteiger partial charge on any atom is -0.459 e. The maximum absolute atomic E-state index is 12.6. The van der Waals surface area contributed by atoms with Gasteiger partial charge in [-0.3, -0.25) is 20.4 Å². The Kier molecular flexibility index (Phi) is 5.35. The molecule has 0 aliphatic rings. The minimum absolute atomic E-state index is 0.145. The molecule has 0 aliphatic carbocycles. The average molecular weight is 437 g/mol. The quantitative estimate of drug-likeness (QED) is 0.467. The first-order chi connectivity index (χ1) is 14.9. The zero-order valence-corrected chi connectivity index (χ0v) is 17.3. The lowest BCUT2D eigenvalue weighted by Gasteiger charge is -2.07.